The minimum atomic E-state index is -6.64. The summed E-state index contributed by atoms with van der Waals surface area (Å²) in [5.41, 5.74) is -5.77. The first-order chi connectivity index (χ1) is 6.81. The lowest BCUT2D eigenvalue weighted by molar-refractivity contribution is -0.369. The molecule has 0 saturated heterocycles. The standard InChI is InChI=1S/C7H5F9/c1-2-3-4(8,6(11,12)13)5(9,10)7(14,15)16/h2-3H,1H3/b3-2-/t4-/m1/s1. The third-order valence-electron chi connectivity index (χ3n) is 1.62. The molecule has 0 saturated carbocycles. The first-order valence-corrected chi connectivity index (χ1v) is 3.65. The van der Waals surface area contributed by atoms with Crippen molar-refractivity contribution >= 4 is 0 Å². The predicted octanol–water partition coefficient (Wildman–Crippen LogP) is 4.03. The van der Waals surface area contributed by atoms with Crippen LogP contribution in [0.5, 0.6) is 0 Å². The Morgan fingerprint density at radius 1 is 0.688 bits per heavy atom. The van der Waals surface area contributed by atoms with Gasteiger partial charge in [0.15, 0.2) is 0 Å². The molecule has 9 heteroatoms. The van der Waals surface area contributed by atoms with Crippen molar-refractivity contribution in [1.29, 1.82) is 0 Å². The molecule has 0 amide bonds. The summed E-state index contributed by atoms with van der Waals surface area (Å²) in [7, 11) is 0. The number of hydrogen-bond donors (Lipinski definition) is 0. The minimum absolute atomic E-state index is 0.132. The van der Waals surface area contributed by atoms with E-state index < -0.39 is 30.0 Å². The average molecular weight is 260 g/mol. The van der Waals surface area contributed by atoms with Gasteiger partial charge in [0.05, 0.1) is 0 Å². The van der Waals surface area contributed by atoms with Gasteiger partial charge in [0, 0.05) is 0 Å². The SMILES string of the molecule is C/C=C\[C@](F)(C(F)(F)F)C(F)(F)C(F)(F)F. The molecule has 0 aliphatic carbocycles. The molecule has 0 unspecified atom stereocenters. The third-order valence-corrected chi connectivity index (χ3v) is 1.62. The van der Waals surface area contributed by atoms with Crippen LogP contribution in [0.1, 0.15) is 6.92 Å². The Labute approximate surface area is 83.7 Å². The monoisotopic (exact) mass is 260 g/mol. The molecule has 0 heterocycles. The van der Waals surface area contributed by atoms with Crippen LogP contribution >= 0.6 is 0 Å². The summed E-state index contributed by atoms with van der Waals surface area (Å²) < 4.78 is 108. The van der Waals surface area contributed by atoms with Gasteiger partial charge < -0.3 is 0 Å². The van der Waals surface area contributed by atoms with Crippen LogP contribution in [0.25, 0.3) is 0 Å². The highest BCUT2D eigenvalue weighted by Crippen LogP contribution is 2.53. The second kappa shape index (κ2) is 3.85. The summed E-state index contributed by atoms with van der Waals surface area (Å²) in [5.74, 6) is -6.55. The van der Waals surface area contributed by atoms with Crippen molar-refractivity contribution in [1.82, 2.24) is 0 Å². The van der Waals surface area contributed by atoms with Crippen molar-refractivity contribution in [2.24, 2.45) is 0 Å². The summed E-state index contributed by atoms with van der Waals surface area (Å²) in [6.45, 7) is 0.687. The second-order valence-corrected chi connectivity index (χ2v) is 2.78. The molecule has 1 atom stereocenters. The van der Waals surface area contributed by atoms with E-state index in [0.717, 1.165) is 0 Å². The molecule has 0 N–H and O–H groups in total. The number of rotatable bonds is 2. The van der Waals surface area contributed by atoms with Gasteiger partial charge in [-0.15, -0.1) is 0 Å². The zero-order valence-electron chi connectivity index (χ0n) is 7.56. The number of allylic oxidation sites excluding steroid dienone is 2. The highest BCUT2D eigenvalue weighted by molar-refractivity contribution is 5.15. The van der Waals surface area contributed by atoms with E-state index in [2.05, 4.69) is 0 Å². The maximum absolute atomic E-state index is 12.9. The second-order valence-electron chi connectivity index (χ2n) is 2.78. The van der Waals surface area contributed by atoms with Gasteiger partial charge in [0.2, 0.25) is 0 Å². The van der Waals surface area contributed by atoms with Gasteiger partial charge in [-0.1, -0.05) is 6.08 Å². The molecule has 0 radical (unpaired) electrons. The van der Waals surface area contributed by atoms with E-state index in [-0.39, 0.29) is 6.08 Å². The van der Waals surface area contributed by atoms with Crippen LogP contribution in [0.4, 0.5) is 39.5 Å². The van der Waals surface area contributed by atoms with E-state index in [4.69, 9.17) is 0 Å². The van der Waals surface area contributed by atoms with Crippen molar-refractivity contribution in [3.05, 3.63) is 12.2 Å². The molecule has 0 aliphatic heterocycles. The lowest BCUT2D eigenvalue weighted by Crippen LogP contribution is -2.60. The topological polar surface area (TPSA) is 0 Å². The van der Waals surface area contributed by atoms with Crippen molar-refractivity contribution in [3.8, 4) is 0 Å². The number of halogens is 9. The summed E-state index contributed by atoms with van der Waals surface area (Å²) in [6.07, 6.45) is -13.7. The largest absolute Gasteiger partial charge is 0.457 e. The number of hydrogen-bond acceptors (Lipinski definition) is 0. The molecule has 96 valence electrons. The van der Waals surface area contributed by atoms with Crippen LogP contribution in [-0.2, 0) is 0 Å². The van der Waals surface area contributed by atoms with Crippen LogP contribution in [0.2, 0.25) is 0 Å². The van der Waals surface area contributed by atoms with E-state index in [1.807, 2.05) is 0 Å². The molecule has 16 heavy (non-hydrogen) atoms. The van der Waals surface area contributed by atoms with E-state index in [1.54, 1.807) is 0 Å². The van der Waals surface area contributed by atoms with Gasteiger partial charge in [0.1, 0.15) is 0 Å². The predicted molar refractivity (Wildman–Crippen MR) is 35.7 cm³/mol. The molecule has 0 rings (SSSR count). The van der Waals surface area contributed by atoms with E-state index >= 15 is 0 Å². The van der Waals surface area contributed by atoms with Crippen LogP contribution in [-0.4, -0.2) is 23.9 Å². The van der Waals surface area contributed by atoms with E-state index in [1.165, 1.54) is 0 Å². The molecule has 0 spiro atoms. The van der Waals surface area contributed by atoms with Crippen molar-refractivity contribution in [2.45, 2.75) is 30.9 Å². The van der Waals surface area contributed by atoms with Crippen LogP contribution < -0.4 is 0 Å². The summed E-state index contributed by atoms with van der Waals surface area (Å²) >= 11 is 0. The number of alkyl halides is 9. The van der Waals surface area contributed by atoms with Gasteiger partial charge in [-0.25, -0.2) is 4.39 Å². The maximum Gasteiger partial charge on any atom is 0.457 e. The fourth-order valence-corrected chi connectivity index (χ4v) is 0.813. The fraction of sp³-hybridized carbons (Fsp3) is 0.714. The fourth-order valence-electron chi connectivity index (χ4n) is 0.813. The van der Waals surface area contributed by atoms with Gasteiger partial charge in [-0.05, 0) is 13.0 Å². The van der Waals surface area contributed by atoms with Crippen LogP contribution in [0.3, 0.4) is 0 Å². The molecule has 0 aromatic carbocycles. The molecular formula is C7H5F9. The highest BCUT2D eigenvalue weighted by atomic mass is 19.4. The Hall–Kier alpha value is -0.890. The van der Waals surface area contributed by atoms with Gasteiger partial charge in [-0.2, -0.15) is 35.1 Å². The van der Waals surface area contributed by atoms with Gasteiger partial charge >= 0.3 is 18.3 Å². The minimum Gasteiger partial charge on any atom is -0.222 e. The lowest BCUT2D eigenvalue weighted by atomic mass is 9.95. The van der Waals surface area contributed by atoms with Crippen molar-refractivity contribution in [2.75, 3.05) is 0 Å². The molecular weight excluding hydrogens is 255 g/mol. The molecule has 0 nitrogen and oxygen atoms in total. The molecule has 0 aromatic rings. The molecule has 0 aliphatic rings. The Kier molecular flexibility index (Phi) is 3.63. The Balaban J connectivity index is 5.74. The average Bonchev–Trinajstić information content (AvgIpc) is 1.99. The molecule has 0 bridgehead atoms. The quantitative estimate of drug-likeness (QED) is 0.519. The Morgan fingerprint density at radius 3 is 1.25 bits per heavy atom. The van der Waals surface area contributed by atoms with Crippen LogP contribution in [0, 0.1) is 0 Å². The van der Waals surface area contributed by atoms with Crippen molar-refractivity contribution in [3.63, 3.8) is 0 Å². The highest BCUT2D eigenvalue weighted by Gasteiger charge is 2.79. The Morgan fingerprint density at radius 2 is 1.06 bits per heavy atom. The summed E-state index contributed by atoms with van der Waals surface area (Å²) in [4.78, 5) is 0. The van der Waals surface area contributed by atoms with Crippen molar-refractivity contribution < 1.29 is 39.5 Å². The smallest absolute Gasteiger partial charge is 0.222 e. The zero-order chi connectivity index (χ0) is 13.4. The maximum atomic E-state index is 12.9. The van der Waals surface area contributed by atoms with Gasteiger partial charge in [0.25, 0.3) is 5.67 Å². The lowest BCUT2D eigenvalue weighted by Gasteiger charge is -2.33. The molecule has 0 aromatic heterocycles. The zero-order valence-corrected chi connectivity index (χ0v) is 7.56. The first kappa shape index (κ1) is 15.1. The summed E-state index contributed by atoms with van der Waals surface area (Å²) in [6, 6.07) is 0. The molecule has 0 fully saturated rings. The van der Waals surface area contributed by atoms with E-state index in [9.17, 15) is 39.5 Å². The Bertz CT molecular complexity index is 271. The summed E-state index contributed by atoms with van der Waals surface area (Å²) in [5, 5.41) is 0. The van der Waals surface area contributed by atoms with E-state index in [0.29, 0.717) is 6.92 Å². The third kappa shape index (κ3) is 2.12. The van der Waals surface area contributed by atoms with Crippen LogP contribution in [0.15, 0.2) is 12.2 Å². The van der Waals surface area contributed by atoms with Gasteiger partial charge in [-0.3, -0.25) is 0 Å². The first-order valence-electron chi connectivity index (χ1n) is 3.65. The normalized spacial score (nSPS) is 18.9.